The van der Waals surface area contributed by atoms with E-state index in [1.165, 1.54) is 22.3 Å². The van der Waals surface area contributed by atoms with Gasteiger partial charge >= 0.3 is 198 Å². The predicted molar refractivity (Wildman–Crippen MR) is 135 cm³/mol. The fourth-order valence-electron chi connectivity index (χ4n) is 6.08. The van der Waals surface area contributed by atoms with Crippen LogP contribution >= 0.6 is 0 Å². The predicted octanol–water partition coefficient (Wildman–Crippen LogP) is 8.52. The first kappa shape index (κ1) is 22.9. The van der Waals surface area contributed by atoms with E-state index in [1.807, 2.05) is 0 Å². The van der Waals surface area contributed by atoms with Crippen molar-refractivity contribution in [3.63, 3.8) is 0 Å². The van der Waals surface area contributed by atoms with Crippen molar-refractivity contribution in [1.82, 2.24) is 0 Å². The Morgan fingerprint density at radius 3 is 1.84 bits per heavy atom. The second kappa shape index (κ2) is 8.60. The first-order chi connectivity index (χ1) is 14.6. The summed E-state index contributed by atoms with van der Waals surface area (Å²) in [4.78, 5) is 0. The molecule has 2 aromatic rings. The standard InChI is InChI=1S/C18H17.C9H13.C2H6Si.Zr/c1-12-9-13(2)18-16(10-12)11-14(3)17(18)15-7-5-4-6-8-15;1-6-5-7(2)9(4)8(6)3;1-3-2;/h4-11H,1-3H3;5H,1-4H3;1-2H3;. The Labute approximate surface area is 197 Å². The van der Waals surface area contributed by atoms with Gasteiger partial charge in [0.05, 0.1) is 0 Å². The maximum absolute atomic E-state index is 2.62. The summed E-state index contributed by atoms with van der Waals surface area (Å²) in [6.45, 7) is 22.0. The Balaban J connectivity index is 2.03. The molecule has 0 aromatic heterocycles. The Hall–Kier alpha value is -1.24. The van der Waals surface area contributed by atoms with Gasteiger partial charge in [0.25, 0.3) is 0 Å². The molecule has 160 valence electrons. The number of fused-ring (bicyclic) bond motifs is 1. The van der Waals surface area contributed by atoms with Crippen molar-refractivity contribution in [2.45, 2.75) is 68.8 Å². The van der Waals surface area contributed by atoms with E-state index in [0.717, 1.165) is 3.63 Å². The van der Waals surface area contributed by atoms with E-state index >= 15 is 0 Å². The van der Waals surface area contributed by atoms with E-state index < -0.39 is 20.4 Å². The summed E-state index contributed by atoms with van der Waals surface area (Å²) in [6.07, 6.45) is 0. The van der Waals surface area contributed by atoms with Crippen molar-refractivity contribution in [2.24, 2.45) is 0 Å². The molecule has 0 aliphatic heterocycles. The fraction of sp³-hybridized carbons (Fsp3) is 0.379. The van der Waals surface area contributed by atoms with Crippen LogP contribution in [0.2, 0.25) is 16.7 Å². The summed E-state index contributed by atoms with van der Waals surface area (Å²) < 4.78 is 1.47. The van der Waals surface area contributed by atoms with Gasteiger partial charge in [0, 0.05) is 0 Å². The van der Waals surface area contributed by atoms with Gasteiger partial charge in [0.2, 0.25) is 0 Å². The second-order valence-electron chi connectivity index (χ2n) is 9.91. The van der Waals surface area contributed by atoms with Gasteiger partial charge in [-0.3, -0.25) is 0 Å². The van der Waals surface area contributed by atoms with Gasteiger partial charge in [-0.15, -0.1) is 0 Å². The molecular weight excluding hydrogens is 468 g/mol. The van der Waals surface area contributed by atoms with Crippen LogP contribution in [-0.2, 0) is 20.4 Å². The molecule has 0 saturated carbocycles. The van der Waals surface area contributed by atoms with Gasteiger partial charge in [0.15, 0.2) is 0 Å². The van der Waals surface area contributed by atoms with Crippen molar-refractivity contribution < 1.29 is 20.4 Å². The summed E-state index contributed by atoms with van der Waals surface area (Å²) in [7, 11) is 0. The van der Waals surface area contributed by atoms with Gasteiger partial charge < -0.3 is 0 Å². The number of aryl methyl sites for hydroxylation is 2. The van der Waals surface area contributed by atoms with Crippen LogP contribution in [0.4, 0.5) is 0 Å². The van der Waals surface area contributed by atoms with Crippen LogP contribution in [0.1, 0.15) is 66.1 Å². The topological polar surface area (TPSA) is 0 Å². The molecule has 0 bridgehead atoms. The summed E-state index contributed by atoms with van der Waals surface area (Å²) in [6, 6.07) is 16.1. The molecule has 1 atom stereocenters. The van der Waals surface area contributed by atoms with Crippen LogP contribution in [0.15, 0.2) is 70.3 Å². The van der Waals surface area contributed by atoms with Gasteiger partial charge in [-0.1, -0.05) is 0 Å². The summed E-state index contributed by atoms with van der Waals surface area (Å²) in [5, 5.41) is 0. The third kappa shape index (κ3) is 3.68. The number of benzene rings is 2. The molecule has 1 unspecified atom stereocenters. The molecule has 2 heteroatoms. The molecule has 0 spiro atoms. The molecule has 0 nitrogen and oxygen atoms in total. The van der Waals surface area contributed by atoms with Gasteiger partial charge in [0.1, 0.15) is 0 Å². The van der Waals surface area contributed by atoms with E-state index in [-0.39, 0.29) is 5.43 Å². The Morgan fingerprint density at radius 2 is 1.29 bits per heavy atom. The third-order valence-electron chi connectivity index (χ3n) is 7.77. The molecule has 0 fully saturated rings. The quantitative estimate of drug-likeness (QED) is 0.368. The molecule has 0 radical (unpaired) electrons. The van der Waals surface area contributed by atoms with Crippen LogP contribution in [0.5, 0.6) is 0 Å². The van der Waals surface area contributed by atoms with E-state index in [1.54, 1.807) is 39.0 Å². The number of allylic oxidation sites excluding steroid dienone is 5. The molecule has 31 heavy (non-hydrogen) atoms. The first-order valence-electron chi connectivity index (χ1n) is 11.5. The summed E-state index contributed by atoms with van der Waals surface area (Å²) in [5.74, 6) is 0. The van der Waals surface area contributed by atoms with Crippen molar-refractivity contribution in [3.8, 4) is 0 Å². The Kier molecular flexibility index (Phi) is 6.36. The van der Waals surface area contributed by atoms with Crippen LogP contribution in [-0.4, -0.2) is 5.43 Å². The minimum absolute atomic E-state index is 0.360. The molecule has 4 rings (SSSR count). The van der Waals surface area contributed by atoms with Crippen molar-refractivity contribution in [3.05, 3.63) is 98.1 Å². The SMILES string of the molecule is CC1=C(C)[CH]([Zr]([CH]2C(C)=C(c3ccccc3)c3c(C)cc(C)cc32)=[Si](C)C)C(C)=C1C. The zero-order valence-corrected chi connectivity index (χ0v) is 24.2. The second-order valence-corrected chi connectivity index (χ2v) is 27.8. The van der Waals surface area contributed by atoms with Crippen LogP contribution in [0.3, 0.4) is 0 Å². The van der Waals surface area contributed by atoms with Crippen LogP contribution in [0.25, 0.3) is 5.57 Å². The number of rotatable bonds is 3. The van der Waals surface area contributed by atoms with Crippen molar-refractivity contribution in [2.75, 3.05) is 0 Å². The van der Waals surface area contributed by atoms with E-state index in [9.17, 15) is 0 Å². The molecule has 0 N–H and O–H groups in total. The Bertz CT molecular complexity index is 1180. The molecule has 2 aromatic carbocycles. The molecule has 2 aliphatic rings. The first-order valence-corrected chi connectivity index (χ1v) is 20.6. The van der Waals surface area contributed by atoms with Gasteiger partial charge in [-0.05, 0) is 0 Å². The van der Waals surface area contributed by atoms with Crippen molar-refractivity contribution in [1.29, 1.82) is 0 Å². The normalized spacial score (nSPS) is 18.9. The molecule has 0 heterocycles. The third-order valence-corrected chi connectivity index (χ3v) is 27.9. The molecule has 0 amide bonds. The number of hydrogen-bond donors (Lipinski definition) is 0. The molecular formula is C29H36SiZr. The summed E-state index contributed by atoms with van der Waals surface area (Å²) in [5.41, 5.74) is 16.9. The number of hydrogen-bond acceptors (Lipinski definition) is 0. The zero-order chi connectivity index (χ0) is 22.6. The van der Waals surface area contributed by atoms with E-state index in [0.29, 0.717) is 3.63 Å². The van der Waals surface area contributed by atoms with E-state index in [4.69, 9.17) is 0 Å². The van der Waals surface area contributed by atoms with Crippen molar-refractivity contribution >= 4 is 11.0 Å². The maximum atomic E-state index is 2.62. The fourth-order valence-corrected chi connectivity index (χ4v) is 27.6. The average molecular weight is 504 g/mol. The van der Waals surface area contributed by atoms with Crippen LogP contribution in [0, 0.1) is 13.8 Å². The van der Waals surface area contributed by atoms with Gasteiger partial charge in [-0.25, -0.2) is 0 Å². The minimum atomic E-state index is -1.94. The van der Waals surface area contributed by atoms with Gasteiger partial charge in [-0.2, -0.15) is 0 Å². The monoisotopic (exact) mass is 502 g/mol. The average Bonchev–Trinajstić information content (AvgIpc) is 3.11. The Morgan fingerprint density at radius 1 is 0.710 bits per heavy atom. The molecule has 2 aliphatic carbocycles. The summed E-state index contributed by atoms with van der Waals surface area (Å²) >= 11 is -1.94. The van der Waals surface area contributed by atoms with Crippen LogP contribution < -0.4 is 0 Å². The molecule has 0 saturated heterocycles. The van der Waals surface area contributed by atoms with E-state index in [2.05, 4.69) is 104 Å². The zero-order valence-electron chi connectivity index (χ0n) is 20.7.